The van der Waals surface area contributed by atoms with Crippen LogP contribution in [0, 0.1) is 0 Å². The Morgan fingerprint density at radius 3 is 2.64 bits per heavy atom. The second kappa shape index (κ2) is 7.74. The molecule has 1 atom stereocenters. The van der Waals surface area contributed by atoms with Gasteiger partial charge in [-0.25, -0.2) is 19.6 Å². The normalized spacial score (nSPS) is 12.0. The lowest BCUT2D eigenvalue weighted by molar-refractivity contribution is 0.726. The summed E-state index contributed by atoms with van der Waals surface area (Å²) < 4.78 is 1.74. The lowest BCUT2D eigenvalue weighted by Crippen LogP contribution is -2.23. The maximum atomic E-state index is 4.40. The first kappa shape index (κ1) is 16.9. The van der Waals surface area contributed by atoms with Gasteiger partial charge in [-0.3, -0.25) is 0 Å². The molecule has 7 nitrogen and oxygen atoms in total. The smallest absolute Gasteiger partial charge is 0.138 e. The summed E-state index contributed by atoms with van der Waals surface area (Å²) in [5.41, 5.74) is 2.19. The molecule has 1 N–H and O–H groups in total. The van der Waals surface area contributed by atoms with Gasteiger partial charge in [-0.15, -0.1) is 0 Å². The monoisotopic (exact) mass is 337 g/mol. The van der Waals surface area contributed by atoms with Gasteiger partial charge in [0, 0.05) is 19.7 Å². The Kier molecular flexibility index (Phi) is 5.23. The molecule has 25 heavy (non-hydrogen) atoms. The summed E-state index contributed by atoms with van der Waals surface area (Å²) in [6, 6.07) is 10.5. The molecule has 0 saturated heterocycles. The Balaban J connectivity index is 1.74. The van der Waals surface area contributed by atoms with E-state index < -0.39 is 0 Å². The number of benzene rings is 1. The summed E-state index contributed by atoms with van der Waals surface area (Å²) in [5.74, 6) is 1.74. The topological polar surface area (TPSA) is 71.8 Å². The van der Waals surface area contributed by atoms with Crippen molar-refractivity contribution in [2.24, 2.45) is 0 Å². The van der Waals surface area contributed by atoms with E-state index in [0.29, 0.717) is 0 Å². The summed E-state index contributed by atoms with van der Waals surface area (Å²) in [7, 11) is 2.04. The maximum Gasteiger partial charge on any atom is 0.138 e. The fraction of sp³-hybridized carbons (Fsp3) is 0.333. The minimum absolute atomic E-state index is 0.179. The Morgan fingerprint density at radius 2 is 1.96 bits per heavy atom. The highest BCUT2D eigenvalue weighted by Gasteiger charge is 2.14. The lowest BCUT2D eigenvalue weighted by Gasteiger charge is -2.26. The van der Waals surface area contributed by atoms with Crippen LogP contribution in [0.3, 0.4) is 0 Å². The zero-order chi connectivity index (χ0) is 17.6. The fourth-order valence-electron chi connectivity index (χ4n) is 2.56. The van der Waals surface area contributed by atoms with Crippen molar-refractivity contribution in [3.63, 3.8) is 0 Å². The van der Waals surface area contributed by atoms with Gasteiger partial charge >= 0.3 is 0 Å². The van der Waals surface area contributed by atoms with Gasteiger partial charge in [-0.2, -0.15) is 5.10 Å². The lowest BCUT2D eigenvalue weighted by atomic mass is 10.1. The van der Waals surface area contributed by atoms with Gasteiger partial charge in [0.05, 0.1) is 11.7 Å². The van der Waals surface area contributed by atoms with Gasteiger partial charge in [-0.1, -0.05) is 19.1 Å². The first-order valence-electron chi connectivity index (χ1n) is 8.42. The number of rotatable bonds is 7. The van der Waals surface area contributed by atoms with Crippen molar-refractivity contribution >= 4 is 11.6 Å². The molecule has 3 rings (SSSR count). The van der Waals surface area contributed by atoms with E-state index in [1.807, 2.05) is 25.2 Å². The summed E-state index contributed by atoms with van der Waals surface area (Å²) in [4.78, 5) is 14.8. The minimum Gasteiger partial charge on any atom is -0.370 e. The van der Waals surface area contributed by atoms with Crippen molar-refractivity contribution in [1.82, 2.24) is 24.7 Å². The van der Waals surface area contributed by atoms with Gasteiger partial charge in [0.15, 0.2) is 0 Å². The fourth-order valence-corrected chi connectivity index (χ4v) is 2.56. The molecule has 7 heteroatoms. The molecule has 0 radical (unpaired) electrons. The SMILES string of the molecule is CCCNc1cc(N(C)C(C)c2ccc(-n3cncn3)cc2)ncn1. The highest BCUT2D eigenvalue weighted by molar-refractivity contribution is 5.49. The highest BCUT2D eigenvalue weighted by Crippen LogP contribution is 2.25. The number of nitrogens with zero attached hydrogens (tertiary/aromatic N) is 6. The van der Waals surface area contributed by atoms with Crippen LogP contribution in [-0.4, -0.2) is 38.3 Å². The van der Waals surface area contributed by atoms with E-state index in [4.69, 9.17) is 0 Å². The van der Waals surface area contributed by atoms with Crippen LogP contribution in [0.2, 0.25) is 0 Å². The first-order chi connectivity index (χ1) is 12.2. The van der Waals surface area contributed by atoms with Crippen LogP contribution in [0.5, 0.6) is 0 Å². The predicted octanol–water partition coefficient (Wildman–Crippen LogP) is 3.08. The summed E-state index contributed by atoms with van der Waals surface area (Å²) in [5, 5.41) is 7.45. The zero-order valence-corrected chi connectivity index (χ0v) is 14.8. The Bertz CT molecular complexity index is 783. The van der Waals surface area contributed by atoms with E-state index in [2.05, 4.69) is 56.2 Å². The van der Waals surface area contributed by atoms with Crippen molar-refractivity contribution in [3.8, 4) is 5.69 Å². The molecule has 2 heterocycles. The molecule has 130 valence electrons. The van der Waals surface area contributed by atoms with Gasteiger partial charge in [0.2, 0.25) is 0 Å². The molecular formula is C18H23N7. The van der Waals surface area contributed by atoms with Crippen LogP contribution < -0.4 is 10.2 Å². The zero-order valence-electron chi connectivity index (χ0n) is 14.8. The van der Waals surface area contributed by atoms with Gasteiger partial charge < -0.3 is 10.2 Å². The second-order valence-electron chi connectivity index (χ2n) is 5.91. The molecule has 2 aromatic heterocycles. The molecule has 0 aliphatic heterocycles. The Morgan fingerprint density at radius 1 is 1.16 bits per heavy atom. The average molecular weight is 337 g/mol. The van der Waals surface area contributed by atoms with Crippen molar-refractivity contribution in [1.29, 1.82) is 0 Å². The minimum atomic E-state index is 0.179. The summed E-state index contributed by atoms with van der Waals surface area (Å²) in [6.45, 7) is 5.19. The molecule has 1 unspecified atom stereocenters. The Hall–Kier alpha value is -2.96. The third kappa shape index (κ3) is 3.93. The van der Waals surface area contributed by atoms with Gasteiger partial charge in [-0.05, 0) is 31.0 Å². The van der Waals surface area contributed by atoms with Crippen molar-refractivity contribution in [2.45, 2.75) is 26.3 Å². The highest BCUT2D eigenvalue weighted by atomic mass is 15.3. The van der Waals surface area contributed by atoms with Crippen LogP contribution in [0.25, 0.3) is 5.69 Å². The Labute approximate surface area is 147 Å². The van der Waals surface area contributed by atoms with Crippen LogP contribution in [0.1, 0.15) is 31.9 Å². The summed E-state index contributed by atoms with van der Waals surface area (Å²) in [6.07, 6.45) is 5.88. The standard InChI is InChI=1S/C18H23N7/c1-4-9-20-17-10-18(22-12-21-17)24(3)14(2)15-5-7-16(8-6-15)25-13-19-11-23-25/h5-8,10-14H,4,9H2,1-3H3,(H,20,21,22). The largest absolute Gasteiger partial charge is 0.370 e. The molecule has 0 aliphatic carbocycles. The van der Waals surface area contributed by atoms with Gasteiger partial charge in [0.1, 0.15) is 30.6 Å². The molecule has 1 aromatic carbocycles. The maximum absolute atomic E-state index is 4.40. The van der Waals surface area contributed by atoms with Crippen LogP contribution in [-0.2, 0) is 0 Å². The quantitative estimate of drug-likeness (QED) is 0.714. The molecular weight excluding hydrogens is 314 g/mol. The van der Waals surface area contributed by atoms with Crippen LogP contribution in [0.15, 0.2) is 49.3 Å². The summed E-state index contributed by atoms with van der Waals surface area (Å²) >= 11 is 0. The van der Waals surface area contributed by atoms with Crippen molar-refractivity contribution in [3.05, 3.63) is 54.9 Å². The van der Waals surface area contributed by atoms with E-state index in [9.17, 15) is 0 Å². The third-order valence-electron chi connectivity index (χ3n) is 4.21. The molecule has 0 amide bonds. The van der Waals surface area contributed by atoms with E-state index in [1.165, 1.54) is 11.9 Å². The molecule has 0 fully saturated rings. The molecule has 0 saturated carbocycles. The third-order valence-corrected chi connectivity index (χ3v) is 4.21. The number of aromatic nitrogens is 5. The van der Waals surface area contributed by atoms with Crippen molar-refractivity contribution in [2.75, 3.05) is 23.8 Å². The molecule has 0 spiro atoms. The average Bonchev–Trinajstić information content (AvgIpc) is 3.20. The first-order valence-corrected chi connectivity index (χ1v) is 8.42. The number of anilines is 2. The van der Waals surface area contributed by atoms with E-state index in [-0.39, 0.29) is 6.04 Å². The molecule has 0 aliphatic rings. The number of nitrogens with one attached hydrogen (secondary N) is 1. The number of hydrogen-bond acceptors (Lipinski definition) is 6. The predicted molar refractivity (Wildman–Crippen MR) is 99.0 cm³/mol. The molecule has 3 aromatic rings. The van der Waals surface area contributed by atoms with Crippen LogP contribution in [0.4, 0.5) is 11.6 Å². The van der Waals surface area contributed by atoms with Crippen LogP contribution >= 0.6 is 0 Å². The van der Waals surface area contributed by atoms with Crippen molar-refractivity contribution < 1.29 is 0 Å². The van der Waals surface area contributed by atoms with Gasteiger partial charge in [0.25, 0.3) is 0 Å². The molecule has 0 bridgehead atoms. The second-order valence-corrected chi connectivity index (χ2v) is 5.91. The number of hydrogen-bond donors (Lipinski definition) is 1. The van der Waals surface area contributed by atoms with E-state index >= 15 is 0 Å². The van der Waals surface area contributed by atoms with E-state index in [0.717, 1.165) is 30.3 Å². The van der Waals surface area contributed by atoms with E-state index in [1.54, 1.807) is 17.3 Å².